The van der Waals surface area contributed by atoms with Crippen LogP contribution in [0, 0.1) is 0 Å². The van der Waals surface area contributed by atoms with Crippen LogP contribution in [0.15, 0.2) is 53.5 Å². The second-order valence-corrected chi connectivity index (χ2v) is 6.53. The molecule has 3 aromatic rings. The van der Waals surface area contributed by atoms with Crippen molar-refractivity contribution >= 4 is 40.8 Å². The molecule has 1 aromatic heterocycles. The predicted molar refractivity (Wildman–Crippen MR) is 124 cm³/mol. The van der Waals surface area contributed by atoms with Crippen molar-refractivity contribution in [3.8, 4) is 17.0 Å². The van der Waals surface area contributed by atoms with Crippen LogP contribution in [0.2, 0.25) is 0 Å². The number of hydrogen-bond donors (Lipinski definition) is 3. The molecule has 0 bridgehead atoms. The van der Waals surface area contributed by atoms with Gasteiger partial charge in [-0.05, 0) is 35.9 Å². The van der Waals surface area contributed by atoms with Gasteiger partial charge in [-0.1, -0.05) is 18.2 Å². The van der Waals surface area contributed by atoms with Crippen LogP contribution < -0.4 is 10.1 Å². The molecule has 7 heteroatoms. The van der Waals surface area contributed by atoms with E-state index in [0.717, 1.165) is 41.6 Å². The first-order valence-electron chi connectivity index (χ1n) is 9.18. The van der Waals surface area contributed by atoms with E-state index in [0.29, 0.717) is 13.1 Å². The largest absolute Gasteiger partial charge is 0.497 e. The summed E-state index contributed by atoms with van der Waals surface area (Å²) >= 11 is 0. The molecule has 0 saturated carbocycles. The van der Waals surface area contributed by atoms with E-state index in [9.17, 15) is 5.11 Å². The van der Waals surface area contributed by atoms with Gasteiger partial charge in [-0.3, -0.25) is 4.99 Å². The lowest BCUT2D eigenvalue weighted by molar-refractivity contribution is 0.244. The number of benzene rings is 2. The van der Waals surface area contributed by atoms with E-state index in [1.807, 2.05) is 18.2 Å². The minimum Gasteiger partial charge on any atom is -0.497 e. The Hall–Kier alpha value is -2.26. The molecule has 0 radical (unpaired) electrons. The zero-order valence-electron chi connectivity index (χ0n) is 15.8. The van der Waals surface area contributed by atoms with E-state index in [1.165, 1.54) is 10.9 Å². The lowest BCUT2D eigenvalue weighted by Crippen LogP contribution is -2.40. The number of rotatable bonds is 6. The Morgan fingerprint density at radius 2 is 1.93 bits per heavy atom. The normalized spacial score (nSPS) is 13.0. The fraction of sp³-hybridized carbons (Fsp3) is 0.286. The first kappa shape index (κ1) is 20.5. The van der Waals surface area contributed by atoms with Gasteiger partial charge >= 0.3 is 0 Å². The van der Waals surface area contributed by atoms with Crippen LogP contribution in [0.5, 0.6) is 5.75 Å². The number of halogens is 1. The first-order chi connectivity index (χ1) is 13.3. The number of guanidine groups is 1. The molecule has 4 rings (SSSR count). The number of ether oxygens (including phenoxy) is 1. The first-order valence-corrected chi connectivity index (χ1v) is 9.18. The van der Waals surface area contributed by atoms with Crippen molar-refractivity contribution in [3.05, 3.63) is 54.1 Å². The van der Waals surface area contributed by atoms with Gasteiger partial charge in [0.05, 0.1) is 26.0 Å². The predicted octanol–water partition coefficient (Wildman–Crippen LogP) is 3.22. The third-order valence-corrected chi connectivity index (χ3v) is 4.87. The highest BCUT2D eigenvalue weighted by Crippen LogP contribution is 2.32. The molecule has 0 amide bonds. The lowest BCUT2D eigenvalue weighted by atomic mass is 10.0. The molecule has 6 nitrogen and oxygen atoms in total. The second-order valence-electron chi connectivity index (χ2n) is 6.53. The fourth-order valence-electron chi connectivity index (χ4n) is 3.54. The summed E-state index contributed by atoms with van der Waals surface area (Å²) in [6, 6.07) is 16.4. The van der Waals surface area contributed by atoms with Crippen LogP contribution in [0.1, 0.15) is 5.56 Å². The number of nitrogens with one attached hydrogen (secondary N) is 2. The SMILES string of the molecule is COc1ccc(-c2[nH]c3ccccc3c2CN(CCO)C2=NCCN2)cc1.I. The molecule has 3 N–H and O–H groups in total. The number of aromatic amines is 1. The van der Waals surface area contributed by atoms with Crippen LogP contribution in [0.25, 0.3) is 22.2 Å². The molecule has 1 aliphatic heterocycles. The molecular weight excluding hydrogens is 467 g/mol. The van der Waals surface area contributed by atoms with E-state index in [2.05, 4.69) is 50.5 Å². The van der Waals surface area contributed by atoms with Crippen molar-refractivity contribution in [2.75, 3.05) is 33.4 Å². The minimum atomic E-state index is 0. The fourth-order valence-corrected chi connectivity index (χ4v) is 3.54. The third-order valence-electron chi connectivity index (χ3n) is 4.87. The average Bonchev–Trinajstić information content (AvgIpc) is 3.36. The number of fused-ring (bicyclic) bond motifs is 1. The summed E-state index contributed by atoms with van der Waals surface area (Å²) in [6.07, 6.45) is 0. The van der Waals surface area contributed by atoms with Gasteiger partial charge in [0.2, 0.25) is 0 Å². The molecule has 2 heterocycles. The van der Waals surface area contributed by atoms with E-state index < -0.39 is 0 Å². The Balaban J connectivity index is 0.00000225. The number of para-hydroxylation sites is 1. The zero-order valence-corrected chi connectivity index (χ0v) is 18.1. The van der Waals surface area contributed by atoms with Crippen molar-refractivity contribution < 1.29 is 9.84 Å². The average molecular weight is 492 g/mol. The summed E-state index contributed by atoms with van der Waals surface area (Å²) < 4.78 is 5.29. The molecule has 0 atom stereocenters. The molecule has 0 spiro atoms. The van der Waals surface area contributed by atoms with Crippen molar-refractivity contribution in [2.24, 2.45) is 4.99 Å². The highest BCUT2D eigenvalue weighted by molar-refractivity contribution is 14.0. The van der Waals surface area contributed by atoms with Gasteiger partial charge in [0.1, 0.15) is 5.75 Å². The summed E-state index contributed by atoms with van der Waals surface area (Å²) in [7, 11) is 1.67. The molecular formula is C21H25IN4O2. The molecule has 0 saturated heterocycles. The molecule has 148 valence electrons. The van der Waals surface area contributed by atoms with E-state index >= 15 is 0 Å². The van der Waals surface area contributed by atoms with Crippen molar-refractivity contribution in [1.29, 1.82) is 0 Å². The Labute approximate surface area is 181 Å². The van der Waals surface area contributed by atoms with Crippen LogP contribution in [0.3, 0.4) is 0 Å². The Bertz CT molecular complexity index is 953. The molecule has 2 aromatic carbocycles. The number of aliphatic imine (C=N–C) groups is 1. The van der Waals surface area contributed by atoms with Crippen LogP contribution >= 0.6 is 24.0 Å². The highest BCUT2D eigenvalue weighted by atomic mass is 127. The monoisotopic (exact) mass is 492 g/mol. The Kier molecular flexibility index (Phi) is 6.79. The second kappa shape index (κ2) is 9.29. The zero-order chi connectivity index (χ0) is 18.6. The lowest BCUT2D eigenvalue weighted by Gasteiger charge is -2.24. The minimum absolute atomic E-state index is 0. The van der Waals surface area contributed by atoms with Gasteiger partial charge in [-0.2, -0.15) is 0 Å². The van der Waals surface area contributed by atoms with Gasteiger partial charge in [-0.15, -0.1) is 24.0 Å². The van der Waals surface area contributed by atoms with Crippen LogP contribution in [-0.4, -0.2) is 54.3 Å². The number of hydrogen-bond acceptors (Lipinski definition) is 5. The molecule has 0 fully saturated rings. The summed E-state index contributed by atoms with van der Waals surface area (Å²) in [5.74, 6) is 1.69. The Morgan fingerprint density at radius 3 is 2.61 bits per heavy atom. The smallest absolute Gasteiger partial charge is 0.194 e. The summed E-state index contributed by atoms with van der Waals surface area (Å²) in [6.45, 7) is 2.90. The maximum absolute atomic E-state index is 9.54. The quantitative estimate of drug-likeness (QED) is 0.463. The van der Waals surface area contributed by atoms with Gasteiger partial charge in [0.25, 0.3) is 0 Å². The summed E-state index contributed by atoms with van der Waals surface area (Å²) in [5.41, 5.74) is 4.48. The highest BCUT2D eigenvalue weighted by Gasteiger charge is 2.20. The van der Waals surface area contributed by atoms with Crippen LogP contribution in [0.4, 0.5) is 0 Å². The number of aliphatic hydroxyl groups is 1. The third kappa shape index (κ3) is 4.10. The molecule has 0 unspecified atom stereocenters. The van der Waals surface area contributed by atoms with E-state index in [-0.39, 0.29) is 30.6 Å². The number of aromatic nitrogens is 1. The topological polar surface area (TPSA) is 72.9 Å². The summed E-state index contributed by atoms with van der Waals surface area (Å²) in [4.78, 5) is 10.2. The van der Waals surface area contributed by atoms with E-state index in [1.54, 1.807) is 7.11 Å². The number of H-pyrrole nitrogens is 1. The van der Waals surface area contributed by atoms with Crippen molar-refractivity contribution in [2.45, 2.75) is 6.54 Å². The summed E-state index contributed by atoms with van der Waals surface area (Å²) in [5, 5.41) is 14.0. The number of aliphatic hydroxyl groups excluding tert-OH is 1. The van der Waals surface area contributed by atoms with Crippen molar-refractivity contribution in [3.63, 3.8) is 0 Å². The van der Waals surface area contributed by atoms with Gasteiger partial charge < -0.3 is 25.0 Å². The molecule has 1 aliphatic rings. The van der Waals surface area contributed by atoms with E-state index in [4.69, 9.17) is 4.74 Å². The number of nitrogens with zero attached hydrogens (tertiary/aromatic N) is 2. The van der Waals surface area contributed by atoms with Gasteiger partial charge in [0, 0.05) is 36.1 Å². The molecule has 0 aliphatic carbocycles. The van der Waals surface area contributed by atoms with Gasteiger partial charge in [0.15, 0.2) is 5.96 Å². The van der Waals surface area contributed by atoms with Gasteiger partial charge in [-0.25, -0.2) is 0 Å². The van der Waals surface area contributed by atoms with Crippen molar-refractivity contribution in [1.82, 2.24) is 15.2 Å². The molecule has 28 heavy (non-hydrogen) atoms. The Morgan fingerprint density at radius 1 is 1.14 bits per heavy atom. The number of methoxy groups -OCH3 is 1. The standard InChI is InChI=1S/C21H24N4O2.HI/c1-27-16-8-6-15(7-9-16)20-18(17-4-2-3-5-19(17)24-20)14-25(12-13-26)21-22-10-11-23-21;/h2-9,24,26H,10-14H2,1H3,(H,22,23);1H. The maximum atomic E-state index is 9.54. The maximum Gasteiger partial charge on any atom is 0.194 e. The van der Waals surface area contributed by atoms with Crippen LogP contribution in [-0.2, 0) is 6.54 Å².